The van der Waals surface area contributed by atoms with Crippen LogP contribution in [-0.4, -0.2) is 37.7 Å². The molecule has 0 aliphatic heterocycles. The minimum Gasteiger partial charge on any atom is -0.496 e. The molecule has 2 N–H and O–H groups in total. The fourth-order valence-corrected chi connectivity index (χ4v) is 2.43. The first-order chi connectivity index (χ1) is 7.67. The van der Waals surface area contributed by atoms with Crippen LogP contribution in [0, 0.1) is 6.92 Å². The number of aryl methyl sites for hydroxylation is 1. The molecule has 4 heteroatoms. The van der Waals surface area contributed by atoms with Gasteiger partial charge in [0.2, 0.25) is 0 Å². The summed E-state index contributed by atoms with van der Waals surface area (Å²) in [4.78, 5) is 1.08. The monoisotopic (exact) mass is 241 g/mol. The second-order valence-electron chi connectivity index (χ2n) is 3.68. The summed E-state index contributed by atoms with van der Waals surface area (Å²) in [6.45, 7) is 2.66. The van der Waals surface area contributed by atoms with Crippen LogP contribution >= 0.6 is 11.8 Å². The van der Waals surface area contributed by atoms with Crippen LogP contribution in [0.3, 0.4) is 0 Å². The molecule has 0 radical (unpaired) electrons. The van der Waals surface area contributed by atoms with Crippen molar-refractivity contribution in [2.45, 2.75) is 17.9 Å². The summed E-state index contributed by atoms with van der Waals surface area (Å²) in [5.41, 5.74) is 1.20. The van der Waals surface area contributed by atoms with E-state index < -0.39 is 0 Å². The van der Waals surface area contributed by atoms with E-state index in [1.165, 1.54) is 5.56 Å². The zero-order chi connectivity index (χ0) is 12.0. The lowest BCUT2D eigenvalue weighted by molar-refractivity contribution is 0.199. The molecular formula is C12H19NO2S. The fraction of sp³-hybridized carbons (Fsp3) is 0.500. The SMILES string of the molecule is CNCC(O)CSc1cc(C)ccc1OC. The molecule has 1 aromatic rings. The highest BCUT2D eigenvalue weighted by atomic mass is 32.2. The van der Waals surface area contributed by atoms with E-state index in [0.717, 1.165) is 10.6 Å². The third-order valence-corrected chi connectivity index (χ3v) is 3.37. The number of hydrogen-bond acceptors (Lipinski definition) is 4. The van der Waals surface area contributed by atoms with Gasteiger partial charge in [-0.25, -0.2) is 0 Å². The van der Waals surface area contributed by atoms with Gasteiger partial charge < -0.3 is 15.2 Å². The Morgan fingerprint density at radius 1 is 1.50 bits per heavy atom. The molecule has 1 aromatic carbocycles. The lowest BCUT2D eigenvalue weighted by Gasteiger charge is -2.12. The van der Waals surface area contributed by atoms with E-state index in [9.17, 15) is 5.11 Å². The van der Waals surface area contributed by atoms with Crippen LogP contribution in [0.15, 0.2) is 23.1 Å². The van der Waals surface area contributed by atoms with Crippen LogP contribution in [0.5, 0.6) is 5.75 Å². The maximum absolute atomic E-state index is 9.62. The third-order valence-electron chi connectivity index (χ3n) is 2.19. The highest BCUT2D eigenvalue weighted by Gasteiger charge is 2.07. The largest absolute Gasteiger partial charge is 0.496 e. The number of methoxy groups -OCH3 is 1. The zero-order valence-corrected chi connectivity index (χ0v) is 10.8. The van der Waals surface area contributed by atoms with Gasteiger partial charge in [-0.2, -0.15) is 0 Å². The molecule has 90 valence electrons. The van der Waals surface area contributed by atoms with Crippen molar-refractivity contribution < 1.29 is 9.84 Å². The molecule has 1 rings (SSSR count). The Morgan fingerprint density at radius 3 is 2.88 bits per heavy atom. The molecule has 0 saturated heterocycles. The predicted molar refractivity (Wildman–Crippen MR) is 68.4 cm³/mol. The van der Waals surface area contributed by atoms with Gasteiger partial charge in [-0.3, -0.25) is 0 Å². The minimum absolute atomic E-state index is 0.333. The van der Waals surface area contributed by atoms with E-state index in [4.69, 9.17) is 4.74 Å². The van der Waals surface area contributed by atoms with Gasteiger partial charge in [0.25, 0.3) is 0 Å². The van der Waals surface area contributed by atoms with Crippen LogP contribution < -0.4 is 10.1 Å². The maximum atomic E-state index is 9.62. The van der Waals surface area contributed by atoms with Crippen molar-refractivity contribution in [1.29, 1.82) is 0 Å². The van der Waals surface area contributed by atoms with Gasteiger partial charge in [0, 0.05) is 17.2 Å². The Balaban J connectivity index is 2.61. The van der Waals surface area contributed by atoms with Crippen molar-refractivity contribution in [3.8, 4) is 5.75 Å². The highest BCUT2D eigenvalue weighted by molar-refractivity contribution is 7.99. The Kier molecular flexibility index (Phi) is 5.66. The molecule has 3 nitrogen and oxygen atoms in total. The van der Waals surface area contributed by atoms with Crippen LogP contribution in [0.1, 0.15) is 5.56 Å². The Labute approximate surface area is 101 Å². The first-order valence-corrected chi connectivity index (χ1v) is 6.26. The molecule has 16 heavy (non-hydrogen) atoms. The van der Waals surface area contributed by atoms with E-state index in [-0.39, 0.29) is 6.10 Å². The van der Waals surface area contributed by atoms with Crippen molar-refractivity contribution in [2.75, 3.05) is 26.5 Å². The van der Waals surface area contributed by atoms with Crippen molar-refractivity contribution in [2.24, 2.45) is 0 Å². The van der Waals surface area contributed by atoms with Gasteiger partial charge in [0.05, 0.1) is 13.2 Å². The summed E-state index contributed by atoms with van der Waals surface area (Å²) in [5, 5.41) is 12.6. The summed E-state index contributed by atoms with van der Waals surface area (Å²) in [6.07, 6.45) is -0.333. The summed E-state index contributed by atoms with van der Waals surface area (Å²) in [5.74, 6) is 1.54. The quantitative estimate of drug-likeness (QED) is 0.744. The Bertz CT molecular complexity index is 331. The molecule has 0 aliphatic carbocycles. The summed E-state index contributed by atoms with van der Waals surface area (Å²) in [6, 6.07) is 6.06. The number of likely N-dealkylation sites (N-methyl/N-ethyl adjacent to an activating group) is 1. The Hall–Kier alpha value is -0.710. The molecular weight excluding hydrogens is 222 g/mol. The number of nitrogens with one attached hydrogen (secondary N) is 1. The number of hydrogen-bond donors (Lipinski definition) is 2. The smallest absolute Gasteiger partial charge is 0.132 e. The van der Waals surface area contributed by atoms with Crippen LogP contribution in [0.2, 0.25) is 0 Å². The molecule has 1 unspecified atom stereocenters. The number of aliphatic hydroxyl groups excluding tert-OH is 1. The molecule has 0 aliphatic rings. The molecule has 0 heterocycles. The van der Waals surface area contributed by atoms with Gasteiger partial charge in [-0.05, 0) is 31.7 Å². The minimum atomic E-state index is -0.333. The van der Waals surface area contributed by atoms with Gasteiger partial charge in [-0.1, -0.05) is 6.07 Å². The molecule has 1 atom stereocenters. The first kappa shape index (κ1) is 13.4. The van der Waals surface area contributed by atoms with Gasteiger partial charge in [0.1, 0.15) is 5.75 Å². The zero-order valence-electron chi connectivity index (χ0n) is 9.99. The molecule has 0 fully saturated rings. The number of rotatable bonds is 6. The van der Waals surface area contributed by atoms with E-state index in [2.05, 4.69) is 11.4 Å². The molecule has 0 aromatic heterocycles. The third kappa shape index (κ3) is 4.04. The van der Waals surface area contributed by atoms with Gasteiger partial charge in [0.15, 0.2) is 0 Å². The van der Waals surface area contributed by atoms with E-state index in [0.29, 0.717) is 12.3 Å². The number of thioether (sulfide) groups is 1. The summed E-state index contributed by atoms with van der Waals surface area (Å²) < 4.78 is 5.27. The lowest BCUT2D eigenvalue weighted by atomic mass is 10.2. The predicted octanol–water partition coefficient (Wildman–Crippen LogP) is 1.68. The molecule has 0 saturated carbocycles. The standard InChI is InChI=1S/C12H19NO2S/c1-9-4-5-11(15-3)12(6-9)16-8-10(14)7-13-2/h4-6,10,13-14H,7-8H2,1-3H3. The fourth-order valence-electron chi connectivity index (χ4n) is 1.38. The normalized spacial score (nSPS) is 12.5. The number of benzene rings is 1. The van der Waals surface area contributed by atoms with Crippen LogP contribution in [-0.2, 0) is 0 Å². The lowest BCUT2D eigenvalue weighted by Crippen LogP contribution is -2.25. The molecule has 0 amide bonds. The van der Waals surface area contributed by atoms with Crippen LogP contribution in [0.4, 0.5) is 0 Å². The van der Waals surface area contributed by atoms with Crippen molar-refractivity contribution >= 4 is 11.8 Å². The average molecular weight is 241 g/mol. The summed E-state index contributed by atoms with van der Waals surface area (Å²) in [7, 11) is 3.50. The first-order valence-electron chi connectivity index (χ1n) is 5.27. The van der Waals surface area contributed by atoms with Gasteiger partial charge >= 0.3 is 0 Å². The average Bonchev–Trinajstić information content (AvgIpc) is 2.27. The topological polar surface area (TPSA) is 41.5 Å². The van der Waals surface area contributed by atoms with Crippen molar-refractivity contribution in [1.82, 2.24) is 5.32 Å². The van der Waals surface area contributed by atoms with Crippen LogP contribution in [0.25, 0.3) is 0 Å². The van der Waals surface area contributed by atoms with Gasteiger partial charge in [-0.15, -0.1) is 11.8 Å². The van der Waals surface area contributed by atoms with E-state index in [1.807, 2.05) is 26.1 Å². The Morgan fingerprint density at radius 2 is 2.25 bits per heavy atom. The maximum Gasteiger partial charge on any atom is 0.132 e. The summed E-state index contributed by atoms with van der Waals surface area (Å²) >= 11 is 1.62. The van der Waals surface area contributed by atoms with Crippen molar-refractivity contribution in [3.63, 3.8) is 0 Å². The highest BCUT2D eigenvalue weighted by Crippen LogP contribution is 2.30. The second kappa shape index (κ2) is 6.78. The van der Waals surface area contributed by atoms with E-state index in [1.54, 1.807) is 18.9 Å². The number of ether oxygens (including phenoxy) is 1. The number of aliphatic hydroxyl groups is 1. The second-order valence-corrected chi connectivity index (χ2v) is 4.74. The van der Waals surface area contributed by atoms with E-state index >= 15 is 0 Å². The molecule has 0 bridgehead atoms. The van der Waals surface area contributed by atoms with Crippen molar-refractivity contribution in [3.05, 3.63) is 23.8 Å². The molecule has 0 spiro atoms.